The van der Waals surface area contributed by atoms with Crippen LogP contribution < -0.4 is 9.47 Å². The number of hydrogen-bond acceptors (Lipinski definition) is 8. The van der Waals surface area contributed by atoms with Gasteiger partial charge in [-0.25, -0.2) is 0 Å². The summed E-state index contributed by atoms with van der Waals surface area (Å²) in [4.78, 5) is 15.3. The quantitative estimate of drug-likeness (QED) is 0.364. The number of hydrogen-bond donors (Lipinski definition) is 0. The Morgan fingerprint density at radius 1 is 1.15 bits per heavy atom. The van der Waals surface area contributed by atoms with Crippen LogP contribution in [0.1, 0.15) is 40.5 Å². The van der Waals surface area contributed by atoms with Crippen LogP contribution in [0, 0.1) is 13.8 Å². The first-order valence-corrected chi connectivity index (χ1v) is 12.3. The number of rotatable bonds is 8. The number of Topliss-reactive ketones (excluding diaryl/α,β-unsaturated/α-hetero) is 1. The molecule has 0 spiro atoms. The van der Waals surface area contributed by atoms with Gasteiger partial charge in [-0.2, -0.15) is 0 Å². The van der Waals surface area contributed by atoms with Gasteiger partial charge in [0.1, 0.15) is 6.61 Å². The Hall–Kier alpha value is -2.78. The number of nitrogens with zero attached hydrogens (tertiary/aromatic N) is 4. The second-order valence-electron chi connectivity index (χ2n) is 8.55. The fraction of sp³-hybridized carbons (Fsp3) is 0.458. The molecule has 1 aromatic carbocycles. The van der Waals surface area contributed by atoms with Crippen molar-refractivity contribution in [3.8, 4) is 11.5 Å². The van der Waals surface area contributed by atoms with E-state index < -0.39 is 0 Å². The number of carbonyl (C=O) groups excluding carboxylic acids is 1. The lowest BCUT2D eigenvalue weighted by Gasteiger charge is -2.27. The third-order valence-electron chi connectivity index (χ3n) is 6.16. The number of ether oxygens (including phenoxy) is 2. The molecule has 0 aliphatic carbocycles. The minimum atomic E-state index is -0.116. The van der Waals surface area contributed by atoms with Crippen molar-refractivity contribution in [2.24, 2.45) is 0 Å². The maximum Gasteiger partial charge on any atom is 0.277 e. The van der Waals surface area contributed by atoms with E-state index in [9.17, 15) is 4.79 Å². The van der Waals surface area contributed by atoms with Crippen molar-refractivity contribution in [1.29, 1.82) is 0 Å². The van der Waals surface area contributed by atoms with E-state index in [1.54, 1.807) is 0 Å². The number of para-hydroxylation sites is 2. The molecule has 5 rings (SSSR count). The maximum absolute atomic E-state index is 13.0. The molecular weight excluding hydrogens is 440 g/mol. The Labute approximate surface area is 197 Å². The predicted molar refractivity (Wildman–Crippen MR) is 124 cm³/mol. The van der Waals surface area contributed by atoms with Gasteiger partial charge in [0.15, 0.2) is 23.4 Å². The number of ketones is 1. The van der Waals surface area contributed by atoms with E-state index in [1.807, 2.05) is 44.2 Å². The Bertz CT molecular complexity index is 1140. The van der Waals surface area contributed by atoms with Crippen molar-refractivity contribution in [1.82, 2.24) is 19.7 Å². The first kappa shape index (κ1) is 22.0. The van der Waals surface area contributed by atoms with E-state index in [2.05, 4.69) is 19.7 Å². The molecule has 1 fully saturated rings. The molecule has 3 aromatic rings. The lowest BCUT2D eigenvalue weighted by Crippen LogP contribution is -2.33. The minimum Gasteiger partial charge on any atom is -0.486 e. The van der Waals surface area contributed by atoms with Gasteiger partial charge >= 0.3 is 0 Å². The molecule has 9 heteroatoms. The smallest absolute Gasteiger partial charge is 0.277 e. The van der Waals surface area contributed by atoms with Crippen molar-refractivity contribution in [3.05, 3.63) is 53.2 Å². The summed E-state index contributed by atoms with van der Waals surface area (Å²) in [5.41, 5.74) is 2.67. The molecule has 0 unspecified atom stereocenters. The molecule has 2 aliphatic rings. The van der Waals surface area contributed by atoms with Gasteiger partial charge in [-0.3, -0.25) is 9.69 Å². The standard InChI is InChI=1S/C24H28N4O4S/c1-16-11-19(17(2)28(16)12-18-14-30-21-7-3-4-8-22(21)31-18)20(29)15-33-24-26-25-23(32-24)13-27-9-5-6-10-27/h3-4,7-8,11,18H,5-6,9-10,12-15H2,1-2H3/t18-/m1/s1. The van der Waals surface area contributed by atoms with Crippen LogP contribution in [-0.4, -0.2) is 57.0 Å². The normalized spacial score (nSPS) is 18.1. The third-order valence-corrected chi connectivity index (χ3v) is 6.98. The number of thioether (sulfide) groups is 1. The third kappa shape index (κ3) is 4.94. The van der Waals surface area contributed by atoms with Crippen LogP contribution in [0.3, 0.4) is 0 Å². The Morgan fingerprint density at radius 3 is 2.76 bits per heavy atom. The van der Waals surface area contributed by atoms with E-state index in [4.69, 9.17) is 13.9 Å². The summed E-state index contributed by atoms with van der Waals surface area (Å²) in [7, 11) is 0. The number of benzene rings is 1. The molecule has 4 heterocycles. The Balaban J connectivity index is 1.19. The average molecular weight is 469 g/mol. The molecule has 33 heavy (non-hydrogen) atoms. The van der Waals surface area contributed by atoms with E-state index in [-0.39, 0.29) is 17.6 Å². The lowest BCUT2D eigenvalue weighted by atomic mass is 10.2. The molecule has 1 saturated heterocycles. The molecule has 174 valence electrons. The van der Waals surface area contributed by atoms with Gasteiger partial charge in [0.25, 0.3) is 5.22 Å². The van der Waals surface area contributed by atoms with Gasteiger partial charge in [-0.05, 0) is 58.0 Å². The first-order chi connectivity index (χ1) is 16.1. The summed E-state index contributed by atoms with van der Waals surface area (Å²) < 4.78 is 19.8. The van der Waals surface area contributed by atoms with Crippen LogP contribution in [-0.2, 0) is 13.1 Å². The number of aryl methyl sites for hydroxylation is 1. The van der Waals surface area contributed by atoms with Crippen molar-refractivity contribution >= 4 is 17.5 Å². The molecular formula is C24H28N4O4S. The molecule has 2 aliphatic heterocycles. The van der Waals surface area contributed by atoms with Gasteiger partial charge in [0, 0.05) is 17.0 Å². The zero-order valence-corrected chi connectivity index (χ0v) is 19.8. The molecule has 8 nitrogen and oxygen atoms in total. The van der Waals surface area contributed by atoms with E-state index in [0.29, 0.717) is 36.4 Å². The van der Waals surface area contributed by atoms with Gasteiger partial charge in [-0.1, -0.05) is 23.9 Å². The average Bonchev–Trinajstić information content (AvgIpc) is 3.56. The summed E-state index contributed by atoms with van der Waals surface area (Å²) in [5.74, 6) is 2.44. The van der Waals surface area contributed by atoms with Crippen LogP contribution in [0.25, 0.3) is 0 Å². The highest BCUT2D eigenvalue weighted by atomic mass is 32.2. The fourth-order valence-electron chi connectivity index (χ4n) is 4.42. The zero-order chi connectivity index (χ0) is 22.8. The molecule has 2 aromatic heterocycles. The number of aromatic nitrogens is 3. The van der Waals surface area contributed by atoms with E-state index in [0.717, 1.165) is 36.0 Å². The largest absolute Gasteiger partial charge is 0.486 e. The monoisotopic (exact) mass is 468 g/mol. The second-order valence-corrected chi connectivity index (χ2v) is 9.48. The molecule has 0 bridgehead atoms. The molecule has 0 amide bonds. The van der Waals surface area contributed by atoms with Crippen molar-refractivity contribution in [2.45, 2.75) is 51.1 Å². The Kier molecular flexibility index (Phi) is 6.41. The number of carbonyl (C=O) groups is 1. The van der Waals surface area contributed by atoms with E-state index in [1.165, 1.54) is 24.6 Å². The molecule has 0 radical (unpaired) electrons. The Morgan fingerprint density at radius 2 is 1.94 bits per heavy atom. The maximum atomic E-state index is 13.0. The van der Waals surface area contributed by atoms with Crippen molar-refractivity contribution in [3.63, 3.8) is 0 Å². The lowest BCUT2D eigenvalue weighted by molar-refractivity contribution is 0.0777. The molecule has 1 atom stereocenters. The zero-order valence-electron chi connectivity index (χ0n) is 19.0. The summed E-state index contributed by atoms with van der Waals surface area (Å²) in [6, 6.07) is 9.63. The van der Waals surface area contributed by atoms with Crippen LogP contribution >= 0.6 is 11.8 Å². The number of likely N-dealkylation sites (tertiary alicyclic amines) is 1. The van der Waals surface area contributed by atoms with Crippen LogP contribution in [0.5, 0.6) is 11.5 Å². The van der Waals surface area contributed by atoms with Gasteiger partial charge in [0.05, 0.1) is 18.8 Å². The highest BCUT2D eigenvalue weighted by Gasteiger charge is 2.24. The predicted octanol–water partition coefficient (Wildman–Crippen LogP) is 3.90. The summed E-state index contributed by atoms with van der Waals surface area (Å²) in [6.45, 7) is 7.91. The van der Waals surface area contributed by atoms with Crippen molar-refractivity contribution in [2.75, 3.05) is 25.4 Å². The topological polar surface area (TPSA) is 82.6 Å². The van der Waals surface area contributed by atoms with Crippen LogP contribution in [0.4, 0.5) is 0 Å². The van der Waals surface area contributed by atoms with Gasteiger partial charge in [-0.15, -0.1) is 10.2 Å². The SMILES string of the molecule is Cc1cc(C(=O)CSc2nnc(CN3CCCC3)o2)c(C)n1C[C@@H]1COc2ccccc2O1. The highest BCUT2D eigenvalue weighted by Crippen LogP contribution is 2.32. The van der Waals surface area contributed by atoms with Crippen LogP contribution in [0.2, 0.25) is 0 Å². The van der Waals surface area contributed by atoms with Crippen LogP contribution in [0.15, 0.2) is 40.0 Å². The summed E-state index contributed by atoms with van der Waals surface area (Å²) in [5, 5.41) is 8.67. The van der Waals surface area contributed by atoms with Gasteiger partial charge in [0.2, 0.25) is 5.89 Å². The van der Waals surface area contributed by atoms with Gasteiger partial charge < -0.3 is 18.5 Å². The summed E-state index contributed by atoms with van der Waals surface area (Å²) >= 11 is 1.29. The molecule has 0 saturated carbocycles. The second kappa shape index (κ2) is 9.61. The summed E-state index contributed by atoms with van der Waals surface area (Å²) in [6.07, 6.45) is 2.32. The number of fused-ring (bicyclic) bond motifs is 1. The molecule has 0 N–H and O–H groups in total. The van der Waals surface area contributed by atoms with E-state index >= 15 is 0 Å². The first-order valence-electron chi connectivity index (χ1n) is 11.3. The van der Waals surface area contributed by atoms with Crippen molar-refractivity contribution < 1.29 is 18.7 Å². The minimum absolute atomic E-state index is 0.0461. The highest BCUT2D eigenvalue weighted by molar-refractivity contribution is 7.99. The fourth-order valence-corrected chi connectivity index (χ4v) is 5.08.